The number of hydrogen-bond acceptors (Lipinski definition) is 1. The predicted octanol–water partition coefficient (Wildman–Crippen LogP) is 4.51. The minimum atomic E-state index is -0.202. The van der Waals surface area contributed by atoms with Crippen LogP contribution in [0.1, 0.15) is 63.9 Å². The number of aliphatic hydroxyl groups is 1. The second kappa shape index (κ2) is 8.30. The van der Waals surface area contributed by atoms with Crippen molar-refractivity contribution in [2.45, 2.75) is 64.4 Å². The molecule has 1 aromatic rings. The molecule has 96 valence electrons. The van der Waals surface area contributed by atoms with Crippen molar-refractivity contribution in [3.05, 3.63) is 35.9 Å². The first-order chi connectivity index (χ1) is 8.24. The van der Waals surface area contributed by atoms with Gasteiger partial charge in [0.2, 0.25) is 0 Å². The minimum absolute atomic E-state index is 0.202. The molecule has 0 spiro atoms. The van der Waals surface area contributed by atoms with Gasteiger partial charge in [-0.1, -0.05) is 62.9 Å². The molecule has 1 rings (SSSR count). The lowest BCUT2D eigenvalue weighted by Gasteiger charge is -2.19. The highest BCUT2D eigenvalue weighted by atomic mass is 16.3. The molecule has 0 saturated carbocycles. The fourth-order valence-corrected chi connectivity index (χ4v) is 2.38. The Morgan fingerprint density at radius 3 is 2.35 bits per heavy atom. The third-order valence-electron chi connectivity index (χ3n) is 3.30. The van der Waals surface area contributed by atoms with E-state index in [2.05, 4.69) is 37.3 Å². The van der Waals surface area contributed by atoms with E-state index in [1.54, 1.807) is 0 Å². The molecule has 0 heterocycles. The van der Waals surface area contributed by atoms with Gasteiger partial charge in [0.15, 0.2) is 0 Å². The van der Waals surface area contributed by atoms with Crippen LogP contribution in [0.5, 0.6) is 0 Å². The number of hydrogen-bond donors (Lipinski definition) is 1. The van der Waals surface area contributed by atoms with Crippen LogP contribution in [0.2, 0.25) is 0 Å². The van der Waals surface area contributed by atoms with Gasteiger partial charge in [0.1, 0.15) is 0 Å². The molecule has 0 radical (unpaired) electrons. The van der Waals surface area contributed by atoms with Gasteiger partial charge in [0, 0.05) is 0 Å². The van der Waals surface area contributed by atoms with Crippen molar-refractivity contribution in [2.24, 2.45) is 0 Å². The van der Waals surface area contributed by atoms with Gasteiger partial charge in [0.25, 0.3) is 0 Å². The summed E-state index contributed by atoms with van der Waals surface area (Å²) in [5.41, 5.74) is 1.38. The molecule has 0 saturated heterocycles. The molecule has 0 aromatic heterocycles. The Morgan fingerprint density at radius 2 is 1.76 bits per heavy atom. The standard InChI is InChI=1S/C16H26O/c1-3-4-5-7-12-16(13-14(2)17)15-10-8-6-9-11-15/h6,8-11,14,16-17H,3-5,7,12-13H2,1-2H3. The molecule has 1 aromatic carbocycles. The molecule has 1 nitrogen and oxygen atoms in total. The summed E-state index contributed by atoms with van der Waals surface area (Å²) in [6.45, 7) is 4.13. The van der Waals surface area contributed by atoms with E-state index in [1.165, 1.54) is 37.7 Å². The van der Waals surface area contributed by atoms with E-state index in [9.17, 15) is 5.11 Å². The van der Waals surface area contributed by atoms with E-state index in [0.29, 0.717) is 5.92 Å². The first-order valence-electron chi connectivity index (χ1n) is 6.97. The van der Waals surface area contributed by atoms with Crippen LogP contribution in [0.25, 0.3) is 0 Å². The molecule has 0 aliphatic rings. The van der Waals surface area contributed by atoms with Crippen LogP contribution < -0.4 is 0 Å². The summed E-state index contributed by atoms with van der Waals surface area (Å²) in [6.07, 6.45) is 7.10. The molecule has 0 bridgehead atoms. The van der Waals surface area contributed by atoms with E-state index in [1.807, 2.05) is 6.92 Å². The van der Waals surface area contributed by atoms with E-state index >= 15 is 0 Å². The van der Waals surface area contributed by atoms with Crippen LogP contribution in [-0.2, 0) is 0 Å². The Morgan fingerprint density at radius 1 is 1.06 bits per heavy atom. The smallest absolute Gasteiger partial charge is 0.0517 e. The first-order valence-corrected chi connectivity index (χ1v) is 6.97. The number of rotatable bonds is 8. The average Bonchev–Trinajstić information content (AvgIpc) is 2.34. The molecule has 2 atom stereocenters. The lowest BCUT2D eigenvalue weighted by Crippen LogP contribution is -2.09. The Labute approximate surface area is 106 Å². The maximum Gasteiger partial charge on any atom is 0.0517 e. The second-order valence-corrected chi connectivity index (χ2v) is 5.04. The normalized spacial score (nSPS) is 14.5. The van der Waals surface area contributed by atoms with Gasteiger partial charge in [-0.15, -0.1) is 0 Å². The molecule has 0 fully saturated rings. The second-order valence-electron chi connectivity index (χ2n) is 5.04. The fourth-order valence-electron chi connectivity index (χ4n) is 2.38. The van der Waals surface area contributed by atoms with Crippen LogP contribution in [0.15, 0.2) is 30.3 Å². The third-order valence-corrected chi connectivity index (χ3v) is 3.30. The van der Waals surface area contributed by atoms with Gasteiger partial charge in [0.05, 0.1) is 6.10 Å². The number of aliphatic hydroxyl groups excluding tert-OH is 1. The highest BCUT2D eigenvalue weighted by Gasteiger charge is 2.13. The van der Waals surface area contributed by atoms with E-state index in [4.69, 9.17) is 0 Å². The highest BCUT2D eigenvalue weighted by Crippen LogP contribution is 2.27. The highest BCUT2D eigenvalue weighted by molar-refractivity contribution is 5.19. The van der Waals surface area contributed by atoms with E-state index in [-0.39, 0.29) is 6.10 Å². The van der Waals surface area contributed by atoms with Crippen LogP contribution >= 0.6 is 0 Å². The zero-order valence-electron chi connectivity index (χ0n) is 11.2. The van der Waals surface area contributed by atoms with Crippen molar-refractivity contribution in [3.63, 3.8) is 0 Å². The maximum absolute atomic E-state index is 9.59. The molecule has 2 unspecified atom stereocenters. The van der Waals surface area contributed by atoms with Crippen LogP contribution in [0, 0.1) is 0 Å². The monoisotopic (exact) mass is 234 g/mol. The van der Waals surface area contributed by atoms with Crippen LogP contribution in [0.3, 0.4) is 0 Å². The Kier molecular flexibility index (Phi) is 6.95. The Balaban J connectivity index is 2.49. The quantitative estimate of drug-likeness (QED) is 0.656. The van der Waals surface area contributed by atoms with Crippen molar-refractivity contribution < 1.29 is 5.11 Å². The number of unbranched alkanes of at least 4 members (excludes halogenated alkanes) is 3. The van der Waals surface area contributed by atoms with Gasteiger partial charge >= 0.3 is 0 Å². The van der Waals surface area contributed by atoms with Crippen molar-refractivity contribution in [3.8, 4) is 0 Å². The van der Waals surface area contributed by atoms with Gasteiger partial charge in [-0.25, -0.2) is 0 Å². The topological polar surface area (TPSA) is 20.2 Å². The zero-order valence-corrected chi connectivity index (χ0v) is 11.2. The molecule has 1 N–H and O–H groups in total. The van der Waals surface area contributed by atoms with Crippen LogP contribution in [-0.4, -0.2) is 11.2 Å². The summed E-state index contributed by atoms with van der Waals surface area (Å²) in [5.74, 6) is 0.521. The lowest BCUT2D eigenvalue weighted by atomic mass is 9.88. The molecule has 1 heteroatoms. The van der Waals surface area contributed by atoms with Gasteiger partial charge in [-0.2, -0.15) is 0 Å². The van der Waals surface area contributed by atoms with Crippen molar-refractivity contribution in [1.29, 1.82) is 0 Å². The fraction of sp³-hybridized carbons (Fsp3) is 0.625. The van der Waals surface area contributed by atoms with Gasteiger partial charge < -0.3 is 5.11 Å². The van der Waals surface area contributed by atoms with Gasteiger partial charge in [-0.05, 0) is 31.2 Å². The SMILES string of the molecule is CCCCCCC(CC(C)O)c1ccccc1. The molecular formula is C16H26O. The third kappa shape index (κ3) is 5.88. The molecule has 0 aliphatic carbocycles. The van der Waals surface area contributed by atoms with Crippen molar-refractivity contribution in [2.75, 3.05) is 0 Å². The summed E-state index contributed by atoms with van der Waals surface area (Å²) < 4.78 is 0. The van der Waals surface area contributed by atoms with Crippen molar-refractivity contribution in [1.82, 2.24) is 0 Å². The summed E-state index contributed by atoms with van der Waals surface area (Å²) in [5, 5.41) is 9.59. The van der Waals surface area contributed by atoms with Gasteiger partial charge in [-0.3, -0.25) is 0 Å². The maximum atomic E-state index is 9.59. The molecule has 0 aliphatic heterocycles. The summed E-state index contributed by atoms with van der Waals surface area (Å²) in [7, 11) is 0. The largest absolute Gasteiger partial charge is 0.393 e. The molecule has 0 amide bonds. The van der Waals surface area contributed by atoms with E-state index in [0.717, 1.165) is 6.42 Å². The molecular weight excluding hydrogens is 208 g/mol. The van der Waals surface area contributed by atoms with E-state index < -0.39 is 0 Å². The lowest BCUT2D eigenvalue weighted by molar-refractivity contribution is 0.172. The summed E-state index contributed by atoms with van der Waals surface area (Å²) in [4.78, 5) is 0. The summed E-state index contributed by atoms with van der Waals surface area (Å²) in [6, 6.07) is 10.6. The number of benzene rings is 1. The van der Waals surface area contributed by atoms with Crippen LogP contribution in [0.4, 0.5) is 0 Å². The first kappa shape index (κ1) is 14.2. The average molecular weight is 234 g/mol. The zero-order chi connectivity index (χ0) is 12.5. The van der Waals surface area contributed by atoms with Crippen molar-refractivity contribution >= 4 is 0 Å². The summed E-state index contributed by atoms with van der Waals surface area (Å²) >= 11 is 0. The molecule has 17 heavy (non-hydrogen) atoms. The minimum Gasteiger partial charge on any atom is -0.393 e. The predicted molar refractivity (Wildman–Crippen MR) is 74.2 cm³/mol. The Hall–Kier alpha value is -0.820. The Bertz CT molecular complexity index is 279.